The number of hydrogen-bond donors (Lipinski definition) is 1. The molecule has 0 spiro atoms. The van der Waals surface area contributed by atoms with Crippen molar-refractivity contribution in [1.82, 2.24) is 20.0 Å². The van der Waals surface area contributed by atoms with Gasteiger partial charge in [-0.2, -0.15) is 5.10 Å². The van der Waals surface area contributed by atoms with Gasteiger partial charge in [0.25, 0.3) is 5.91 Å². The van der Waals surface area contributed by atoms with Crippen LogP contribution in [0, 0.1) is 0 Å². The molecule has 1 amide bonds. The van der Waals surface area contributed by atoms with E-state index in [0.717, 1.165) is 48.4 Å². The van der Waals surface area contributed by atoms with Crippen molar-refractivity contribution in [3.05, 3.63) is 78.0 Å². The number of aromatic amines is 1. The van der Waals surface area contributed by atoms with Crippen molar-refractivity contribution in [2.45, 2.75) is 32.4 Å². The first-order chi connectivity index (χ1) is 14.3. The van der Waals surface area contributed by atoms with E-state index in [1.54, 1.807) is 0 Å². The molecule has 2 heterocycles. The third kappa shape index (κ3) is 4.40. The number of carbonyl (C=O) groups excluding carboxylic acids is 1. The number of aromatic nitrogens is 2. The lowest BCUT2D eigenvalue weighted by molar-refractivity contribution is 0.0692. The summed E-state index contributed by atoms with van der Waals surface area (Å²) in [5.74, 6) is 0.0776. The number of nitrogens with one attached hydrogen (secondary N) is 1. The fraction of sp³-hybridized carbons (Fsp3) is 0.333. The van der Waals surface area contributed by atoms with Gasteiger partial charge in [0.2, 0.25) is 0 Å². The van der Waals surface area contributed by atoms with Crippen molar-refractivity contribution in [3.63, 3.8) is 0 Å². The van der Waals surface area contributed by atoms with Crippen LogP contribution in [0.4, 0.5) is 0 Å². The summed E-state index contributed by atoms with van der Waals surface area (Å²) < 4.78 is 0. The highest BCUT2D eigenvalue weighted by atomic mass is 16.2. The highest BCUT2D eigenvalue weighted by Gasteiger charge is 2.28. The van der Waals surface area contributed by atoms with Crippen LogP contribution in [0.1, 0.15) is 35.7 Å². The van der Waals surface area contributed by atoms with E-state index < -0.39 is 0 Å². The summed E-state index contributed by atoms with van der Waals surface area (Å²) in [5.41, 5.74) is 3.85. The molecule has 150 valence electrons. The van der Waals surface area contributed by atoms with Crippen LogP contribution in [0.3, 0.4) is 0 Å². The molecule has 3 aromatic rings. The molecule has 1 aliphatic rings. The van der Waals surface area contributed by atoms with E-state index >= 15 is 0 Å². The molecule has 29 heavy (non-hydrogen) atoms. The highest BCUT2D eigenvalue weighted by Crippen LogP contribution is 2.24. The van der Waals surface area contributed by atoms with Gasteiger partial charge in [-0.05, 0) is 43.6 Å². The third-order valence-corrected chi connectivity index (χ3v) is 5.79. The predicted molar refractivity (Wildman–Crippen MR) is 115 cm³/mol. The van der Waals surface area contributed by atoms with E-state index in [0.29, 0.717) is 12.6 Å². The smallest absolute Gasteiger partial charge is 0.254 e. The first-order valence-corrected chi connectivity index (χ1v) is 10.4. The van der Waals surface area contributed by atoms with Crippen LogP contribution in [0.25, 0.3) is 11.3 Å². The van der Waals surface area contributed by atoms with E-state index in [4.69, 9.17) is 0 Å². The number of likely N-dealkylation sites (N-methyl/N-ethyl adjacent to an activating group) is 1. The van der Waals surface area contributed by atoms with Gasteiger partial charge in [0.05, 0.1) is 11.9 Å². The minimum atomic E-state index is 0.0776. The first kappa shape index (κ1) is 19.4. The monoisotopic (exact) mass is 388 g/mol. The summed E-state index contributed by atoms with van der Waals surface area (Å²) in [6.07, 6.45) is 4.19. The predicted octanol–water partition coefficient (Wildman–Crippen LogP) is 4.20. The Balaban J connectivity index is 1.61. The average Bonchev–Trinajstić information content (AvgIpc) is 3.43. The number of rotatable bonds is 7. The van der Waals surface area contributed by atoms with Crippen LogP contribution in [0.15, 0.2) is 66.9 Å². The second-order valence-electron chi connectivity index (χ2n) is 7.61. The largest absolute Gasteiger partial charge is 0.333 e. The maximum absolute atomic E-state index is 13.4. The summed E-state index contributed by atoms with van der Waals surface area (Å²) in [6, 6.07) is 20.2. The van der Waals surface area contributed by atoms with Gasteiger partial charge in [-0.3, -0.25) is 14.8 Å². The van der Waals surface area contributed by atoms with E-state index in [2.05, 4.69) is 34.2 Å². The Morgan fingerprint density at radius 1 is 1.14 bits per heavy atom. The van der Waals surface area contributed by atoms with Gasteiger partial charge in [-0.1, -0.05) is 55.5 Å². The highest BCUT2D eigenvalue weighted by molar-refractivity contribution is 5.94. The number of amides is 1. The molecule has 0 unspecified atom stereocenters. The number of likely N-dealkylation sites (tertiary alicyclic amines) is 1. The minimum absolute atomic E-state index is 0.0776. The Hall–Kier alpha value is -2.92. The molecular weight excluding hydrogens is 360 g/mol. The summed E-state index contributed by atoms with van der Waals surface area (Å²) in [7, 11) is 0. The van der Waals surface area contributed by atoms with Crippen molar-refractivity contribution in [3.8, 4) is 11.3 Å². The van der Waals surface area contributed by atoms with Crippen molar-refractivity contribution in [2.24, 2.45) is 0 Å². The topological polar surface area (TPSA) is 52.2 Å². The van der Waals surface area contributed by atoms with Crippen LogP contribution >= 0.6 is 0 Å². The van der Waals surface area contributed by atoms with Gasteiger partial charge < -0.3 is 4.90 Å². The van der Waals surface area contributed by atoms with Crippen LogP contribution in [0.2, 0.25) is 0 Å². The quantitative estimate of drug-likeness (QED) is 0.660. The zero-order chi connectivity index (χ0) is 20.1. The molecule has 1 aromatic heterocycles. The number of benzene rings is 2. The van der Waals surface area contributed by atoms with Crippen LogP contribution < -0.4 is 0 Å². The SMILES string of the molecule is CCN1CCC[C@H]1CN(Cc1cn[nH]c1-c1ccccc1)C(=O)c1ccccc1. The number of hydrogen-bond acceptors (Lipinski definition) is 3. The molecule has 2 aromatic carbocycles. The second kappa shape index (κ2) is 9.05. The van der Waals surface area contributed by atoms with Crippen LogP contribution in [0.5, 0.6) is 0 Å². The molecule has 0 saturated carbocycles. The Kier molecular flexibility index (Phi) is 6.06. The Bertz CT molecular complexity index is 922. The van der Waals surface area contributed by atoms with E-state index in [-0.39, 0.29) is 5.91 Å². The standard InChI is InChI=1S/C24H28N4O/c1-2-27-15-9-14-22(27)18-28(24(29)20-12-7-4-8-13-20)17-21-16-25-26-23(21)19-10-5-3-6-11-19/h3-8,10-13,16,22H,2,9,14-15,17-18H2,1H3,(H,25,26)/t22-/m0/s1. The van der Waals surface area contributed by atoms with E-state index in [1.165, 1.54) is 6.42 Å². The maximum Gasteiger partial charge on any atom is 0.254 e. The van der Waals surface area contributed by atoms with E-state index in [9.17, 15) is 4.79 Å². The molecule has 5 nitrogen and oxygen atoms in total. The molecule has 0 radical (unpaired) electrons. The van der Waals surface area contributed by atoms with Gasteiger partial charge >= 0.3 is 0 Å². The molecule has 4 rings (SSSR count). The van der Waals surface area contributed by atoms with Crippen LogP contribution in [-0.2, 0) is 6.54 Å². The lowest BCUT2D eigenvalue weighted by Crippen LogP contribution is -2.42. The van der Waals surface area contributed by atoms with Crippen molar-refractivity contribution in [2.75, 3.05) is 19.6 Å². The normalized spacial score (nSPS) is 16.8. The number of carbonyl (C=O) groups is 1. The molecular formula is C24H28N4O. The van der Waals surface area contributed by atoms with Crippen molar-refractivity contribution >= 4 is 5.91 Å². The maximum atomic E-state index is 13.4. The van der Waals surface area contributed by atoms with Crippen LogP contribution in [-0.4, -0.2) is 51.6 Å². The molecule has 1 atom stereocenters. The Morgan fingerprint density at radius 2 is 1.86 bits per heavy atom. The molecule has 1 aliphatic heterocycles. The van der Waals surface area contributed by atoms with E-state index in [1.807, 2.05) is 59.6 Å². The van der Waals surface area contributed by atoms with Gasteiger partial charge in [0, 0.05) is 30.3 Å². The first-order valence-electron chi connectivity index (χ1n) is 10.4. The fourth-order valence-corrected chi connectivity index (χ4v) is 4.25. The van der Waals surface area contributed by atoms with Gasteiger partial charge in [0.1, 0.15) is 0 Å². The summed E-state index contributed by atoms with van der Waals surface area (Å²) in [4.78, 5) is 17.9. The fourth-order valence-electron chi connectivity index (χ4n) is 4.25. The molecule has 0 aliphatic carbocycles. The Morgan fingerprint density at radius 3 is 2.59 bits per heavy atom. The molecule has 0 bridgehead atoms. The second-order valence-corrected chi connectivity index (χ2v) is 7.61. The van der Waals surface area contributed by atoms with Crippen molar-refractivity contribution < 1.29 is 4.79 Å². The molecule has 5 heteroatoms. The zero-order valence-corrected chi connectivity index (χ0v) is 16.9. The average molecular weight is 389 g/mol. The summed E-state index contributed by atoms with van der Waals surface area (Å²) >= 11 is 0. The summed E-state index contributed by atoms with van der Waals surface area (Å²) in [5, 5.41) is 7.39. The summed E-state index contributed by atoms with van der Waals surface area (Å²) in [6.45, 7) is 5.63. The minimum Gasteiger partial charge on any atom is -0.333 e. The third-order valence-electron chi connectivity index (χ3n) is 5.79. The lowest BCUT2D eigenvalue weighted by Gasteiger charge is -2.30. The van der Waals surface area contributed by atoms with Crippen molar-refractivity contribution in [1.29, 1.82) is 0 Å². The van der Waals surface area contributed by atoms with Gasteiger partial charge in [0.15, 0.2) is 0 Å². The lowest BCUT2D eigenvalue weighted by atomic mass is 10.1. The molecule has 1 N–H and O–H groups in total. The molecule has 1 saturated heterocycles. The Labute approximate surface area is 172 Å². The zero-order valence-electron chi connectivity index (χ0n) is 16.9. The molecule has 1 fully saturated rings. The van der Waals surface area contributed by atoms with Gasteiger partial charge in [-0.15, -0.1) is 0 Å². The number of H-pyrrole nitrogens is 1. The van der Waals surface area contributed by atoms with Gasteiger partial charge in [-0.25, -0.2) is 0 Å². The number of nitrogens with zero attached hydrogens (tertiary/aromatic N) is 3.